The van der Waals surface area contributed by atoms with E-state index in [1.165, 1.54) is 0 Å². The van der Waals surface area contributed by atoms with E-state index in [4.69, 9.17) is 9.53 Å². The Morgan fingerprint density at radius 2 is 1.39 bits per heavy atom. The van der Waals surface area contributed by atoms with Crippen LogP contribution in [0.5, 0.6) is 0 Å². The highest BCUT2D eigenvalue weighted by molar-refractivity contribution is 8.76. The second-order valence-corrected chi connectivity index (χ2v) is 7.62. The predicted molar refractivity (Wildman–Crippen MR) is 100 cm³/mol. The van der Waals surface area contributed by atoms with Crippen molar-refractivity contribution in [2.75, 3.05) is 72.1 Å². The van der Waals surface area contributed by atoms with Crippen LogP contribution in [0, 0.1) is 0 Å². The molecule has 0 aromatic heterocycles. The Balaban J connectivity index is 0. The molecule has 0 rings (SSSR count). The molecule has 0 spiro atoms. The molecule has 0 aromatic carbocycles. The van der Waals surface area contributed by atoms with Gasteiger partial charge < -0.3 is 24.1 Å². The molecule has 0 unspecified atom stereocenters. The van der Waals surface area contributed by atoms with Crippen molar-refractivity contribution >= 4 is 34.8 Å². The number of rotatable bonds is 16. The summed E-state index contributed by atoms with van der Waals surface area (Å²) in [5, 5.41) is 0. The van der Waals surface area contributed by atoms with Gasteiger partial charge in [0.2, 0.25) is 0 Å². The van der Waals surface area contributed by atoms with Crippen molar-refractivity contribution in [2.24, 2.45) is 0 Å². The molecule has 0 bridgehead atoms. The van der Waals surface area contributed by atoms with Crippen LogP contribution in [0.1, 0.15) is 12.8 Å². The minimum Gasteiger partial charge on any atom is -0.468 e. The van der Waals surface area contributed by atoms with Gasteiger partial charge in [-0.3, -0.25) is 4.79 Å². The van der Waals surface area contributed by atoms with E-state index in [1.54, 1.807) is 7.11 Å². The fourth-order valence-corrected chi connectivity index (χ4v) is 3.83. The van der Waals surface area contributed by atoms with Gasteiger partial charge in [-0.2, -0.15) is 0 Å². The van der Waals surface area contributed by atoms with E-state index in [-0.39, 0.29) is 0 Å². The van der Waals surface area contributed by atoms with Crippen molar-refractivity contribution < 1.29 is 19.1 Å². The quantitative estimate of drug-likeness (QED) is 0.232. The summed E-state index contributed by atoms with van der Waals surface area (Å²) in [6, 6.07) is 0. The van der Waals surface area contributed by atoms with E-state index in [9.17, 15) is 4.79 Å². The lowest BCUT2D eigenvalue weighted by Crippen LogP contribution is -2.24. The van der Waals surface area contributed by atoms with E-state index in [1.807, 2.05) is 28.4 Å². The third-order valence-electron chi connectivity index (χ3n) is 2.95. The van der Waals surface area contributed by atoms with Crippen molar-refractivity contribution in [3.63, 3.8) is 0 Å². The largest absolute Gasteiger partial charge is 0.468 e. The highest BCUT2D eigenvalue weighted by Gasteiger charge is 2.01. The van der Waals surface area contributed by atoms with Gasteiger partial charge in [0, 0.05) is 51.4 Å². The van der Waals surface area contributed by atoms with Gasteiger partial charge >= 0.3 is 0 Å². The monoisotopic (exact) mass is 368 g/mol. The Hall–Kier alpha value is -0.280. The first kappa shape index (κ1) is 25.0. The van der Waals surface area contributed by atoms with E-state index < -0.39 is 0 Å². The fraction of sp³-hybridized carbons (Fsp3) is 0.867. The molecular formula is C15H32N2O4S2. The molecule has 0 aliphatic carbocycles. The number of methoxy groups -OCH3 is 1. The lowest BCUT2D eigenvalue weighted by molar-refractivity contribution is -0.128. The fourth-order valence-electron chi connectivity index (χ4n) is 1.67. The van der Waals surface area contributed by atoms with Gasteiger partial charge in [-0.05, 0) is 26.9 Å². The highest BCUT2D eigenvalue weighted by atomic mass is 33.1. The van der Waals surface area contributed by atoms with Gasteiger partial charge in [-0.15, -0.1) is 0 Å². The predicted octanol–water partition coefficient (Wildman–Crippen LogP) is 1.65. The summed E-state index contributed by atoms with van der Waals surface area (Å²) in [6.07, 6.45) is 2.00. The van der Waals surface area contributed by atoms with Crippen molar-refractivity contribution in [1.29, 1.82) is 0 Å². The number of carbonyl (C=O) groups excluding carboxylic acids is 2. The molecule has 138 valence electrons. The molecule has 0 fully saturated rings. The molecule has 0 amide bonds. The van der Waals surface area contributed by atoms with Gasteiger partial charge in [0.25, 0.3) is 6.47 Å². The lowest BCUT2D eigenvalue weighted by Gasteiger charge is -2.17. The van der Waals surface area contributed by atoms with Crippen LogP contribution in [0.4, 0.5) is 0 Å². The van der Waals surface area contributed by atoms with Crippen LogP contribution in [-0.2, 0) is 19.1 Å². The SMILES string of the molecule is C=O.COCCCN(C)CCSSCCN(C)CCCOC=O. The maximum absolute atomic E-state index is 9.99. The first-order valence-electron chi connectivity index (χ1n) is 7.65. The molecule has 0 aliphatic rings. The second kappa shape index (κ2) is 21.7. The van der Waals surface area contributed by atoms with Crippen molar-refractivity contribution in [2.45, 2.75) is 12.8 Å². The molecule has 6 nitrogen and oxygen atoms in total. The maximum Gasteiger partial charge on any atom is 0.293 e. The normalized spacial score (nSPS) is 10.5. The van der Waals surface area contributed by atoms with Crippen LogP contribution < -0.4 is 0 Å². The topological polar surface area (TPSA) is 59.1 Å². The molecule has 0 radical (unpaired) electrons. The van der Waals surface area contributed by atoms with Crippen LogP contribution in [0.2, 0.25) is 0 Å². The number of nitrogens with zero attached hydrogens (tertiary/aromatic N) is 2. The zero-order chi connectivity index (χ0) is 17.8. The number of carbonyl (C=O) groups is 2. The van der Waals surface area contributed by atoms with Crippen LogP contribution in [0.15, 0.2) is 0 Å². The highest BCUT2D eigenvalue weighted by Crippen LogP contribution is 2.20. The van der Waals surface area contributed by atoms with Crippen LogP contribution in [0.3, 0.4) is 0 Å². The van der Waals surface area contributed by atoms with Gasteiger partial charge in [-0.25, -0.2) is 0 Å². The van der Waals surface area contributed by atoms with Crippen LogP contribution in [0.25, 0.3) is 0 Å². The smallest absolute Gasteiger partial charge is 0.293 e. The summed E-state index contributed by atoms with van der Waals surface area (Å²) < 4.78 is 9.72. The molecule has 8 heteroatoms. The molecule has 23 heavy (non-hydrogen) atoms. The zero-order valence-corrected chi connectivity index (χ0v) is 16.3. The summed E-state index contributed by atoms with van der Waals surface area (Å²) in [5.74, 6) is 2.29. The standard InChI is InChI=1S/C14H30N2O3S2.CH2O/c1-15(6-4-10-18-3)8-12-20-21-13-9-16(2)7-5-11-19-14-17;1-2/h14H,4-13H2,1-3H3;1H2. The summed E-state index contributed by atoms with van der Waals surface area (Å²) in [5.41, 5.74) is 0. The molecular weight excluding hydrogens is 336 g/mol. The Morgan fingerprint density at radius 1 is 0.913 bits per heavy atom. The van der Waals surface area contributed by atoms with Crippen LogP contribution >= 0.6 is 21.6 Å². The van der Waals surface area contributed by atoms with Crippen molar-refractivity contribution in [3.05, 3.63) is 0 Å². The summed E-state index contributed by atoms with van der Waals surface area (Å²) >= 11 is 0. The first-order chi connectivity index (χ1) is 11.2. The summed E-state index contributed by atoms with van der Waals surface area (Å²) in [4.78, 5) is 22.6. The Kier molecular flexibility index (Phi) is 23.6. The van der Waals surface area contributed by atoms with E-state index in [0.29, 0.717) is 13.1 Å². The average molecular weight is 369 g/mol. The third-order valence-corrected chi connectivity index (χ3v) is 5.32. The van der Waals surface area contributed by atoms with Gasteiger partial charge in [-0.1, -0.05) is 21.6 Å². The third kappa shape index (κ3) is 21.7. The average Bonchev–Trinajstić information content (AvgIpc) is 2.57. The van der Waals surface area contributed by atoms with E-state index >= 15 is 0 Å². The van der Waals surface area contributed by atoms with Gasteiger partial charge in [0.1, 0.15) is 6.79 Å². The first-order valence-corrected chi connectivity index (χ1v) is 10.1. The molecule has 0 saturated carbocycles. The lowest BCUT2D eigenvalue weighted by atomic mass is 10.4. The zero-order valence-electron chi connectivity index (χ0n) is 14.7. The molecule has 0 aliphatic heterocycles. The molecule has 0 saturated heterocycles. The van der Waals surface area contributed by atoms with E-state index in [2.05, 4.69) is 28.6 Å². The molecule has 0 atom stereocenters. The Bertz CT molecular complexity index is 252. The second-order valence-electron chi connectivity index (χ2n) is 4.92. The van der Waals surface area contributed by atoms with E-state index in [0.717, 1.165) is 57.1 Å². The number of ether oxygens (including phenoxy) is 2. The number of hydrogen-bond donors (Lipinski definition) is 0. The molecule has 0 heterocycles. The molecule has 0 aromatic rings. The van der Waals surface area contributed by atoms with Gasteiger partial charge in [0.05, 0.1) is 6.61 Å². The van der Waals surface area contributed by atoms with Crippen molar-refractivity contribution in [3.8, 4) is 0 Å². The number of hydrogen-bond acceptors (Lipinski definition) is 8. The van der Waals surface area contributed by atoms with Crippen LogP contribution in [-0.4, -0.2) is 95.2 Å². The summed E-state index contributed by atoms with van der Waals surface area (Å²) in [7, 11) is 9.89. The van der Waals surface area contributed by atoms with Gasteiger partial charge in [0.15, 0.2) is 0 Å². The van der Waals surface area contributed by atoms with Crippen molar-refractivity contribution in [1.82, 2.24) is 9.80 Å². The minimum absolute atomic E-state index is 0.513. The maximum atomic E-state index is 9.99. The minimum atomic E-state index is 0.513. The Labute approximate surface area is 149 Å². The summed E-state index contributed by atoms with van der Waals surface area (Å²) in [6.45, 7) is 8.15. The Morgan fingerprint density at radius 3 is 1.83 bits per heavy atom. The molecule has 0 N–H and O–H groups in total.